The molecule has 1 N–H and O–H groups in total. The maximum Gasteiger partial charge on any atom is 0.257 e. The van der Waals surface area contributed by atoms with Gasteiger partial charge in [-0.05, 0) is 42.8 Å². The van der Waals surface area contributed by atoms with Crippen molar-refractivity contribution < 1.29 is 9.18 Å². The summed E-state index contributed by atoms with van der Waals surface area (Å²) in [5.41, 5.74) is 1.96. The molecular formula is C22H19FN4O. The number of aromatic nitrogens is 3. The zero-order valence-corrected chi connectivity index (χ0v) is 15.3. The second-order valence-corrected chi connectivity index (χ2v) is 6.47. The van der Waals surface area contributed by atoms with E-state index in [9.17, 15) is 9.18 Å². The van der Waals surface area contributed by atoms with Crippen molar-refractivity contribution in [2.45, 2.75) is 13.0 Å². The fourth-order valence-electron chi connectivity index (χ4n) is 3.12. The van der Waals surface area contributed by atoms with E-state index in [1.54, 1.807) is 21.4 Å². The van der Waals surface area contributed by atoms with Crippen molar-refractivity contribution >= 4 is 5.91 Å². The number of hydrogen-bond acceptors (Lipinski definition) is 2. The van der Waals surface area contributed by atoms with Crippen LogP contribution in [0, 0.1) is 5.82 Å². The number of halogens is 1. The molecule has 5 nitrogen and oxygen atoms in total. The van der Waals surface area contributed by atoms with Crippen molar-refractivity contribution in [1.82, 2.24) is 19.7 Å². The van der Waals surface area contributed by atoms with E-state index in [-0.39, 0.29) is 17.8 Å². The average Bonchev–Trinajstić information content (AvgIpc) is 3.38. The maximum atomic E-state index is 13.7. The summed E-state index contributed by atoms with van der Waals surface area (Å²) in [6, 6.07) is 19.4. The second-order valence-electron chi connectivity index (χ2n) is 6.47. The number of carbonyl (C=O) groups is 1. The first kappa shape index (κ1) is 17.7. The highest BCUT2D eigenvalue weighted by molar-refractivity contribution is 5.97. The van der Waals surface area contributed by atoms with Crippen molar-refractivity contribution in [2.24, 2.45) is 0 Å². The van der Waals surface area contributed by atoms with Gasteiger partial charge in [0, 0.05) is 12.4 Å². The number of amides is 1. The van der Waals surface area contributed by atoms with Gasteiger partial charge in [-0.3, -0.25) is 4.79 Å². The van der Waals surface area contributed by atoms with Crippen LogP contribution in [0.2, 0.25) is 0 Å². The largest absolute Gasteiger partial charge is 0.345 e. The van der Waals surface area contributed by atoms with Crippen molar-refractivity contribution in [1.29, 1.82) is 0 Å². The van der Waals surface area contributed by atoms with Crippen molar-refractivity contribution in [3.63, 3.8) is 0 Å². The van der Waals surface area contributed by atoms with Gasteiger partial charge in [0.15, 0.2) is 5.82 Å². The summed E-state index contributed by atoms with van der Waals surface area (Å²) in [6.45, 7) is 1.93. The Balaban J connectivity index is 1.72. The molecule has 140 valence electrons. The lowest BCUT2D eigenvalue weighted by Crippen LogP contribution is -2.27. The van der Waals surface area contributed by atoms with E-state index >= 15 is 0 Å². The van der Waals surface area contributed by atoms with E-state index in [4.69, 9.17) is 0 Å². The molecule has 6 heteroatoms. The van der Waals surface area contributed by atoms with Gasteiger partial charge in [0.25, 0.3) is 5.91 Å². The highest BCUT2D eigenvalue weighted by Gasteiger charge is 2.21. The topological polar surface area (TPSA) is 51.9 Å². The van der Waals surface area contributed by atoms with Gasteiger partial charge in [0.2, 0.25) is 0 Å². The van der Waals surface area contributed by atoms with Gasteiger partial charge in [-0.15, -0.1) is 0 Å². The summed E-state index contributed by atoms with van der Waals surface area (Å²) in [5, 5.41) is 7.36. The lowest BCUT2D eigenvalue weighted by Gasteiger charge is -2.15. The van der Waals surface area contributed by atoms with Crippen LogP contribution in [0.1, 0.15) is 28.9 Å². The summed E-state index contributed by atoms with van der Waals surface area (Å²) >= 11 is 0. The molecule has 0 aliphatic rings. The van der Waals surface area contributed by atoms with Crippen LogP contribution in [0.3, 0.4) is 0 Å². The minimum atomic E-state index is -0.366. The van der Waals surface area contributed by atoms with Gasteiger partial charge in [-0.25, -0.2) is 9.07 Å². The third-order valence-electron chi connectivity index (χ3n) is 4.54. The molecule has 0 radical (unpaired) electrons. The van der Waals surface area contributed by atoms with Gasteiger partial charge < -0.3 is 9.88 Å². The monoisotopic (exact) mass is 374 g/mol. The normalized spacial score (nSPS) is 11.9. The zero-order valence-electron chi connectivity index (χ0n) is 15.3. The number of carbonyl (C=O) groups excluding carboxylic acids is 1. The van der Waals surface area contributed by atoms with Gasteiger partial charge >= 0.3 is 0 Å². The molecule has 4 aromatic rings. The van der Waals surface area contributed by atoms with Crippen LogP contribution in [0.15, 0.2) is 85.3 Å². The molecule has 0 saturated carbocycles. The Labute approximate surface area is 162 Å². The molecule has 0 unspecified atom stereocenters. The predicted octanol–water partition coefficient (Wildman–Crippen LogP) is 4.29. The van der Waals surface area contributed by atoms with E-state index in [1.165, 1.54) is 18.3 Å². The first-order valence-electron chi connectivity index (χ1n) is 8.96. The van der Waals surface area contributed by atoms with E-state index < -0.39 is 0 Å². The molecule has 1 amide bonds. The Hall–Kier alpha value is -3.67. The average molecular weight is 374 g/mol. The van der Waals surface area contributed by atoms with E-state index in [1.807, 2.05) is 61.8 Å². The van der Waals surface area contributed by atoms with Crippen LogP contribution in [0.5, 0.6) is 0 Å². The number of hydrogen-bond donors (Lipinski definition) is 1. The van der Waals surface area contributed by atoms with Gasteiger partial charge in [-0.1, -0.05) is 36.4 Å². The lowest BCUT2D eigenvalue weighted by atomic mass is 10.1. The number of nitrogens with zero attached hydrogens (tertiary/aromatic N) is 3. The van der Waals surface area contributed by atoms with Crippen LogP contribution < -0.4 is 5.32 Å². The Bertz CT molecular complexity index is 1090. The maximum absolute atomic E-state index is 13.7. The fraction of sp³-hybridized carbons (Fsp3) is 0.0909. The zero-order chi connectivity index (χ0) is 19.5. The fourth-order valence-corrected chi connectivity index (χ4v) is 3.12. The SMILES string of the molecule is C[C@@H](NC(=O)c1cnn(-c2cccc(F)c2)c1-n1cccc1)c1ccccc1. The van der Waals surface area contributed by atoms with Crippen LogP contribution in [0.25, 0.3) is 11.5 Å². The molecule has 2 aromatic carbocycles. The van der Waals surface area contributed by atoms with Gasteiger partial charge in [-0.2, -0.15) is 5.10 Å². The molecule has 2 heterocycles. The van der Waals surface area contributed by atoms with Crippen LogP contribution in [0.4, 0.5) is 4.39 Å². The van der Waals surface area contributed by atoms with E-state index in [2.05, 4.69) is 10.4 Å². The lowest BCUT2D eigenvalue weighted by molar-refractivity contribution is 0.0940. The number of rotatable bonds is 5. The third kappa shape index (κ3) is 3.44. The molecule has 1 atom stereocenters. The Kier molecular flexibility index (Phi) is 4.76. The van der Waals surface area contributed by atoms with E-state index in [0.717, 1.165) is 5.56 Å². The summed E-state index contributed by atoms with van der Waals surface area (Å²) < 4.78 is 17.1. The second kappa shape index (κ2) is 7.52. The molecule has 2 aromatic heterocycles. The predicted molar refractivity (Wildman–Crippen MR) is 105 cm³/mol. The Morgan fingerprint density at radius 1 is 1.04 bits per heavy atom. The number of nitrogens with one attached hydrogen (secondary N) is 1. The summed E-state index contributed by atoms with van der Waals surface area (Å²) in [5.74, 6) is -0.0637. The third-order valence-corrected chi connectivity index (χ3v) is 4.54. The standard InChI is InChI=1S/C22H19FN4O/c1-16(17-8-3-2-4-9-17)25-21(28)20-15-24-27(19-11-7-10-18(23)14-19)22(20)26-12-5-6-13-26/h2-16H,1H3,(H,25,28)/t16-/m1/s1. The van der Waals surface area contributed by atoms with Crippen LogP contribution in [-0.2, 0) is 0 Å². The molecule has 4 rings (SSSR count). The molecule has 0 bridgehead atoms. The minimum absolute atomic E-state index is 0.163. The van der Waals surface area contributed by atoms with Crippen LogP contribution >= 0.6 is 0 Å². The first-order chi connectivity index (χ1) is 13.6. The minimum Gasteiger partial charge on any atom is -0.345 e. The first-order valence-corrected chi connectivity index (χ1v) is 8.96. The van der Waals surface area contributed by atoms with Crippen molar-refractivity contribution in [3.05, 3.63) is 102 Å². The van der Waals surface area contributed by atoms with Gasteiger partial charge in [0.05, 0.1) is 17.9 Å². The van der Waals surface area contributed by atoms with Crippen molar-refractivity contribution in [3.8, 4) is 11.5 Å². The van der Waals surface area contributed by atoms with Crippen LogP contribution in [-0.4, -0.2) is 20.3 Å². The molecule has 0 spiro atoms. The Morgan fingerprint density at radius 2 is 1.79 bits per heavy atom. The smallest absolute Gasteiger partial charge is 0.257 e. The molecule has 28 heavy (non-hydrogen) atoms. The molecule has 0 aliphatic carbocycles. The highest BCUT2D eigenvalue weighted by atomic mass is 19.1. The molecule has 0 saturated heterocycles. The molecular weight excluding hydrogens is 355 g/mol. The molecule has 0 fully saturated rings. The molecule has 0 aliphatic heterocycles. The van der Waals surface area contributed by atoms with Crippen molar-refractivity contribution in [2.75, 3.05) is 0 Å². The summed E-state index contributed by atoms with van der Waals surface area (Å²) in [7, 11) is 0. The number of benzene rings is 2. The van der Waals surface area contributed by atoms with Gasteiger partial charge in [0.1, 0.15) is 11.4 Å². The quantitative estimate of drug-likeness (QED) is 0.566. The summed E-state index contributed by atoms with van der Waals surface area (Å²) in [6.07, 6.45) is 5.15. The summed E-state index contributed by atoms with van der Waals surface area (Å²) in [4.78, 5) is 13.0. The Morgan fingerprint density at radius 3 is 2.50 bits per heavy atom. The highest BCUT2D eigenvalue weighted by Crippen LogP contribution is 2.21. The van der Waals surface area contributed by atoms with E-state index in [0.29, 0.717) is 17.1 Å².